The van der Waals surface area contributed by atoms with Crippen LogP contribution in [0.1, 0.15) is 25.0 Å². The minimum Gasteiger partial charge on any atom is -0.310 e. The maximum Gasteiger partial charge on any atom is 0.221 e. The van der Waals surface area contributed by atoms with Gasteiger partial charge in [0, 0.05) is 39.2 Å². The molecule has 0 radical (unpaired) electrons. The van der Waals surface area contributed by atoms with Crippen LogP contribution in [0.15, 0.2) is 200 Å². The van der Waals surface area contributed by atoms with Crippen molar-refractivity contribution in [1.29, 1.82) is 0 Å². The van der Waals surface area contributed by atoms with Gasteiger partial charge < -0.3 is 4.90 Å². The molecule has 3 heterocycles. The zero-order chi connectivity index (χ0) is 39.2. The average Bonchev–Trinajstić information content (AvgIpc) is 3.99. The fourth-order valence-corrected chi connectivity index (χ4v) is 9.66. The van der Waals surface area contributed by atoms with Gasteiger partial charge in [-0.05, 0) is 106 Å². The molecular formula is C54H39N5. The molecule has 0 unspecified atom stereocenters. The quantitative estimate of drug-likeness (QED) is 0.169. The van der Waals surface area contributed by atoms with Crippen molar-refractivity contribution in [1.82, 2.24) is 18.5 Å². The molecule has 0 amide bonds. The van der Waals surface area contributed by atoms with Crippen LogP contribution in [-0.4, -0.2) is 18.5 Å². The minimum absolute atomic E-state index is 0.130. The van der Waals surface area contributed by atoms with E-state index in [1.165, 1.54) is 38.8 Å². The van der Waals surface area contributed by atoms with E-state index in [1.54, 1.807) is 0 Å². The van der Waals surface area contributed by atoms with Crippen molar-refractivity contribution in [2.24, 2.45) is 0 Å². The minimum atomic E-state index is -0.130. The molecule has 0 aliphatic heterocycles. The summed E-state index contributed by atoms with van der Waals surface area (Å²) in [5, 5.41) is 1.18. The fourth-order valence-electron chi connectivity index (χ4n) is 9.66. The highest BCUT2D eigenvalue weighted by Gasteiger charge is 2.36. The van der Waals surface area contributed by atoms with E-state index in [0.717, 1.165) is 61.9 Å². The van der Waals surface area contributed by atoms with E-state index < -0.39 is 0 Å². The summed E-state index contributed by atoms with van der Waals surface area (Å²) in [6, 6.07) is 72.2. The van der Waals surface area contributed by atoms with Crippen LogP contribution in [-0.2, 0) is 5.41 Å². The number of para-hydroxylation sites is 3. The zero-order valence-electron chi connectivity index (χ0n) is 32.8. The van der Waals surface area contributed by atoms with Crippen LogP contribution < -0.4 is 4.90 Å². The second kappa shape index (κ2) is 12.7. The molecule has 12 rings (SSSR count). The van der Waals surface area contributed by atoms with Crippen molar-refractivity contribution in [2.75, 3.05) is 4.90 Å². The topological polar surface area (TPSA) is 30.4 Å². The van der Waals surface area contributed by atoms with Gasteiger partial charge in [0.2, 0.25) is 5.78 Å². The number of hydrogen-bond donors (Lipinski definition) is 0. The van der Waals surface area contributed by atoms with Gasteiger partial charge in [-0.2, -0.15) is 0 Å². The van der Waals surface area contributed by atoms with Crippen molar-refractivity contribution in [3.63, 3.8) is 0 Å². The first-order valence-electron chi connectivity index (χ1n) is 20.3. The molecule has 1 aliphatic rings. The van der Waals surface area contributed by atoms with Crippen LogP contribution >= 0.6 is 0 Å². The molecule has 0 fully saturated rings. The maximum absolute atomic E-state index is 5.52. The van der Waals surface area contributed by atoms with Gasteiger partial charge in [-0.15, -0.1) is 0 Å². The lowest BCUT2D eigenvalue weighted by Gasteiger charge is -2.28. The molecule has 280 valence electrons. The Morgan fingerprint density at radius 1 is 0.458 bits per heavy atom. The number of fused-ring (bicyclic) bond motifs is 10. The highest BCUT2D eigenvalue weighted by molar-refractivity contribution is 6.10. The summed E-state index contributed by atoms with van der Waals surface area (Å²) in [5.41, 5.74) is 18.4. The zero-order valence-corrected chi connectivity index (χ0v) is 32.8. The number of anilines is 3. The van der Waals surface area contributed by atoms with Gasteiger partial charge in [-0.3, -0.25) is 13.5 Å². The second-order valence-corrected chi connectivity index (χ2v) is 16.1. The summed E-state index contributed by atoms with van der Waals surface area (Å²) in [5.74, 6) is 0.875. The Hall–Kier alpha value is -7.63. The molecule has 0 saturated heterocycles. The molecule has 0 spiro atoms. The number of hydrogen-bond acceptors (Lipinski definition) is 2. The highest BCUT2D eigenvalue weighted by Crippen LogP contribution is 2.51. The lowest BCUT2D eigenvalue weighted by Crippen LogP contribution is -2.16. The average molecular weight is 758 g/mol. The SMILES string of the molecule is CC1(C)c2ccccc2-c2ccc(N(c3ccc(-c4ccccc4)cc3)c3ccc4c(c3)nc3n(-c5ccccc5)c5c6ccccc6n(-c6ccccc6)c5n43)cc21. The molecule has 0 bridgehead atoms. The fraction of sp³-hybridized carbons (Fsp3) is 0.0556. The van der Waals surface area contributed by atoms with Gasteiger partial charge in [0.05, 0.1) is 16.6 Å². The molecule has 0 N–H and O–H groups in total. The van der Waals surface area contributed by atoms with Crippen LogP contribution in [0.25, 0.3) is 72.5 Å². The Labute approximate surface area is 342 Å². The first-order chi connectivity index (χ1) is 29.0. The van der Waals surface area contributed by atoms with Gasteiger partial charge in [0.15, 0.2) is 5.65 Å². The third kappa shape index (κ3) is 4.95. The molecule has 0 saturated carbocycles. The van der Waals surface area contributed by atoms with Gasteiger partial charge in [-0.25, -0.2) is 4.98 Å². The Bertz CT molecular complexity index is 3390. The molecule has 59 heavy (non-hydrogen) atoms. The van der Waals surface area contributed by atoms with Crippen LogP contribution in [0.5, 0.6) is 0 Å². The Morgan fingerprint density at radius 2 is 1.03 bits per heavy atom. The molecule has 5 nitrogen and oxygen atoms in total. The lowest BCUT2D eigenvalue weighted by atomic mass is 9.82. The second-order valence-electron chi connectivity index (χ2n) is 16.1. The Morgan fingerprint density at radius 3 is 1.80 bits per heavy atom. The summed E-state index contributed by atoms with van der Waals surface area (Å²) >= 11 is 0. The molecule has 1 aliphatic carbocycles. The van der Waals surface area contributed by atoms with Crippen molar-refractivity contribution in [2.45, 2.75) is 19.3 Å². The van der Waals surface area contributed by atoms with E-state index >= 15 is 0 Å². The van der Waals surface area contributed by atoms with Gasteiger partial charge in [-0.1, -0.05) is 141 Å². The van der Waals surface area contributed by atoms with Crippen LogP contribution in [0.3, 0.4) is 0 Å². The first-order valence-corrected chi connectivity index (χ1v) is 20.3. The number of imidazole rings is 2. The number of nitrogens with zero attached hydrogens (tertiary/aromatic N) is 5. The Kier molecular flexibility index (Phi) is 7.20. The standard InChI is InChI=1S/C54H39N5/c1-54(2)46-24-14-12-22-43(46)44-32-30-41(34-47(44)54)56(40-28-26-37(27-29-40)36-16-6-3-7-17-36)42-31-33-50-48(35-42)55-53-58(39-20-10-5-11-21-39)51-45-23-13-15-25-49(45)57(52(51)59(50)53)38-18-8-4-9-19-38/h3-35H,1-2H3. The largest absolute Gasteiger partial charge is 0.310 e. The van der Waals surface area contributed by atoms with E-state index in [1.807, 2.05) is 0 Å². The van der Waals surface area contributed by atoms with Crippen molar-refractivity contribution in [3.05, 3.63) is 211 Å². The van der Waals surface area contributed by atoms with Crippen molar-refractivity contribution >= 4 is 55.9 Å². The van der Waals surface area contributed by atoms with Crippen LogP contribution in [0, 0.1) is 0 Å². The third-order valence-electron chi connectivity index (χ3n) is 12.4. The van der Waals surface area contributed by atoms with E-state index in [0.29, 0.717) is 0 Å². The summed E-state index contributed by atoms with van der Waals surface area (Å²) in [7, 11) is 0. The van der Waals surface area contributed by atoms with Crippen molar-refractivity contribution in [3.8, 4) is 33.6 Å². The van der Waals surface area contributed by atoms with Gasteiger partial charge in [0.25, 0.3) is 0 Å². The van der Waals surface area contributed by atoms with Gasteiger partial charge >= 0.3 is 0 Å². The monoisotopic (exact) mass is 757 g/mol. The highest BCUT2D eigenvalue weighted by atomic mass is 15.3. The lowest BCUT2D eigenvalue weighted by molar-refractivity contribution is 0.660. The predicted octanol–water partition coefficient (Wildman–Crippen LogP) is 13.8. The summed E-state index contributed by atoms with van der Waals surface area (Å²) in [6.07, 6.45) is 0. The molecule has 0 atom stereocenters. The third-order valence-corrected chi connectivity index (χ3v) is 12.4. The maximum atomic E-state index is 5.52. The normalized spacial score (nSPS) is 13.1. The Balaban J connectivity index is 1.10. The van der Waals surface area contributed by atoms with E-state index in [-0.39, 0.29) is 5.41 Å². The van der Waals surface area contributed by atoms with E-state index in [4.69, 9.17) is 4.98 Å². The molecule has 8 aromatic carbocycles. The van der Waals surface area contributed by atoms with Crippen LogP contribution in [0.4, 0.5) is 17.1 Å². The molecule has 5 heteroatoms. The van der Waals surface area contributed by atoms with Gasteiger partial charge in [0.1, 0.15) is 5.52 Å². The molecule has 3 aromatic heterocycles. The van der Waals surface area contributed by atoms with Crippen molar-refractivity contribution < 1.29 is 0 Å². The summed E-state index contributed by atoms with van der Waals surface area (Å²) < 4.78 is 7.07. The molecular weight excluding hydrogens is 719 g/mol. The number of benzene rings is 8. The van der Waals surface area contributed by atoms with E-state index in [9.17, 15) is 0 Å². The number of aromatic nitrogens is 4. The predicted molar refractivity (Wildman–Crippen MR) is 244 cm³/mol. The van der Waals surface area contributed by atoms with Crippen LogP contribution in [0.2, 0.25) is 0 Å². The smallest absolute Gasteiger partial charge is 0.221 e. The number of rotatable bonds is 6. The molecule has 11 aromatic rings. The first kappa shape index (κ1) is 33.5. The summed E-state index contributed by atoms with van der Waals surface area (Å²) in [4.78, 5) is 7.91. The van der Waals surface area contributed by atoms with E-state index in [2.05, 4.69) is 232 Å². The summed E-state index contributed by atoms with van der Waals surface area (Å²) in [6.45, 7) is 4.70.